The van der Waals surface area contributed by atoms with Crippen LogP contribution in [0.4, 0.5) is 13.6 Å². The number of hydrogen-bond donors (Lipinski definition) is 1. The first kappa shape index (κ1) is 27.3. The molecule has 1 fully saturated rings. The summed E-state index contributed by atoms with van der Waals surface area (Å²) in [5.74, 6) is -1.89. The Hall–Kier alpha value is -3.79. The van der Waals surface area contributed by atoms with E-state index in [1.54, 1.807) is 36.9 Å². The first-order chi connectivity index (χ1) is 18.2. The monoisotopic (exact) mass is 526 g/mol. The van der Waals surface area contributed by atoms with E-state index < -0.39 is 29.7 Å². The highest BCUT2D eigenvalue weighted by Gasteiger charge is 2.40. The molecular formula is C28H32F2N4O4. The van der Waals surface area contributed by atoms with Gasteiger partial charge in [-0.15, -0.1) is 0 Å². The standard InChI is InChI=1S/C28H32F2N4O4/c1-4-33-23(17-32-13-14-34(18(3)16-32)26(35)19-9-8-10-20(29)15-19)24(27(36)38-5-2)25(31-28(33)37)21-11-6-7-12-22(21)30/h6-12,15,18,25H,4-5,13-14,16-17H2,1-3H3,(H,31,37)/t18-,25-/m1/s1. The minimum atomic E-state index is -1.01. The predicted octanol–water partition coefficient (Wildman–Crippen LogP) is 3.71. The maximum absolute atomic E-state index is 14.8. The van der Waals surface area contributed by atoms with Gasteiger partial charge in [0.15, 0.2) is 0 Å². The molecular weight excluding hydrogens is 494 g/mol. The number of esters is 1. The molecule has 3 amide bonds. The number of urea groups is 1. The number of carbonyl (C=O) groups excluding carboxylic acids is 3. The number of rotatable bonds is 7. The average molecular weight is 527 g/mol. The van der Waals surface area contributed by atoms with E-state index in [2.05, 4.69) is 5.32 Å². The first-order valence-electron chi connectivity index (χ1n) is 12.8. The first-order valence-corrected chi connectivity index (χ1v) is 12.8. The summed E-state index contributed by atoms with van der Waals surface area (Å²) in [7, 11) is 0. The summed E-state index contributed by atoms with van der Waals surface area (Å²) in [6, 6.07) is 9.98. The Kier molecular flexibility index (Phi) is 8.41. The van der Waals surface area contributed by atoms with Crippen LogP contribution in [0.2, 0.25) is 0 Å². The van der Waals surface area contributed by atoms with E-state index >= 15 is 0 Å². The summed E-state index contributed by atoms with van der Waals surface area (Å²) >= 11 is 0. The molecule has 2 atom stereocenters. The molecule has 2 aliphatic rings. The number of hydrogen-bond acceptors (Lipinski definition) is 5. The van der Waals surface area contributed by atoms with Crippen molar-refractivity contribution >= 4 is 17.9 Å². The number of carbonyl (C=O) groups is 3. The van der Waals surface area contributed by atoms with Crippen LogP contribution in [0, 0.1) is 11.6 Å². The van der Waals surface area contributed by atoms with Crippen molar-refractivity contribution in [1.29, 1.82) is 0 Å². The Labute approximate surface area is 220 Å². The lowest BCUT2D eigenvalue weighted by Gasteiger charge is -2.43. The molecule has 0 saturated carbocycles. The van der Waals surface area contributed by atoms with Crippen LogP contribution in [-0.4, -0.2) is 78.0 Å². The van der Waals surface area contributed by atoms with Gasteiger partial charge in [0.25, 0.3) is 5.91 Å². The maximum atomic E-state index is 14.8. The minimum absolute atomic E-state index is 0.123. The molecule has 0 aromatic heterocycles. The van der Waals surface area contributed by atoms with Gasteiger partial charge in [-0.1, -0.05) is 24.3 Å². The summed E-state index contributed by atoms with van der Waals surface area (Å²) in [5, 5.41) is 2.77. The van der Waals surface area contributed by atoms with E-state index in [0.29, 0.717) is 31.9 Å². The number of piperazine rings is 1. The largest absolute Gasteiger partial charge is 0.463 e. The van der Waals surface area contributed by atoms with Crippen LogP contribution in [-0.2, 0) is 9.53 Å². The van der Waals surface area contributed by atoms with Gasteiger partial charge >= 0.3 is 12.0 Å². The number of benzene rings is 2. The number of likely N-dealkylation sites (N-methyl/N-ethyl adjacent to an activating group) is 1. The fourth-order valence-electron chi connectivity index (χ4n) is 5.08. The zero-order valence-electron chi connectivity index (χ0n) is 21.7. The van der Waals surface area contributed by atoms with Crippen molar-refractivity contribution in [3.63, 3.8) is 0 Å². The predicted molar refractivity (Wildman–Crippen MR) is 137 cm³/mol. The third-order valence-corrected chi connectivity index (χ3v) is 6.88. The molecule has 0 bridgehead atoms. The third-order valence-electron chi connectivity index (χ3n) is 6.88. The van der Waals surface area contributed by atoms with Crippen molar-refractivity contribution in [2.24, 2.45) is 0 Å². The molecule has 1 saturated heterocycles. The lowest BCUT2D eigenvalue weighted by Crippen LogP contribution is -2.56. The molecule has 0 spiro atoms. The van der Waals surface area contributed by atoms with E-state index in [1.807, 2.05) is 11.8 Å². The summed E-state index contributed by atoms with van der Waals surface area (Å²) < 4.78 is 33.8. The third kappa shape index (κ3) is 5.55. The van der Waals surface area contributed by atoms with Crippen LogP contribution in [0.3, 0.4) is 0 Å². The number of ether oxygens (including phenoxy) is 1. The Balaban J connectivity index is 1.64. The second-order valence-corrected chi connectivity index (χ2v) is 9.32. The Morgan fingerprint density at radius 2 is 1.84 bits per heavy atom. The van der Waals surface area contributed by atoms with Gasteiger partial charge in [-0.05, 0) is 45.0 Å². The summed E-state index contributed by atoms with van der Waals surface area (Å²) in [5.41, 5.74) is 1.09. The zero-order valence-corrected chi connectivity index (χ0v) is 21.7. The Morgan fingerprint density at radius 1 is 1.08 bits per heavy atom. The molecule has 8 nitrogen and oxygen atoms in total. The van der Waals surface area contributed by atoms with E-state index in [4.69, 9.17) is 4.74 Å². The van der Waals surface area contributed by atoms with Crippen LogP contribution in [0.1, 0.15) is 42.7 Å². The second-order valence-electron chi connectivity index (χ2n) is 9.32. The SMILES string of the molecule is CCOC(=O)C1=C(CN2CCN(C(=O)c3cccc(F)c3)[C@H](C)C2)N(CC)C(=O)N[C@@H]1c1ccccc1F. The van der Waals surface area contributed by atoms with Crippen molar-refractivity contribution in [3.8, 4) is 0 Å². The molecule has 1 N–H and O–H groups in total. The maximum Gasteiger partial charge on any atom is 0.338 e. The second kappa shape index (κ2) is 11.7. The fourth-order valence-corrected chi connectivity index (χ4v) is 5.08. The van der Waals surface area contributed by atoms with Crippen LogP contribution >= 0.6 is 0 Å². The molecule has 2 aromatic carbocycles. The van der Waals surface area contributed by atoms with Gasteiger partial charge in [-0.2, -0.15) is 0 Å². The highest BCUT2D eigenvalue weighted by molar-refractivity contribution is 5.95. The molecule has 38 heavy (non-hydrogen) atoms. The van der Waals surface area contributed by atoms with Gasteiger partial charge in [-0.3, -0.25) is 14.6 Å². The normalized spacial score (nSPS) is 20.4. The average Bonchev–Trinajstić information content (AvgIpc) is 2.88. The summed E-state index contributed by atoms with van der Waals surface area (Å²) in [6.07, 6.45) is 0. The van der Waals surface area contributed by atoms with Crippen molar-refractivity contribution in [2.45, 2.75) is 32.9 Å². The van der Waals surface area contributed by atoms with Crippen molar-refractivity contribution < 1.29 is 27.9 Å². The van der Waals surface area contributed by atoms with Gasteiger partial charge in [0.1, 0.15) is 11.6 Å². The molecule has 202 valence electrons. The number of nitrogens with one attached hydrogen (secondary N) is 1. The van der Waals surface area contributed by atoms with E-state index in [9.17, 15) is 23.2 Å². The lowest BCUT2D eigenvalue weighted by atomic mass is 9.93. The van der Waals surface area contributed by atoms with Gasteiger partial charge in [-0.25, -0.2) is 18.4 Å². The zero-order chi connectivity index (χ0) is 27.4. The summed E-state index contributed by atoms with van der Waals surface area (Å²) in [4.78, 5) is 44.5. The molecule has 2 aliphatic heterocycles. The fraction of sp³-hybridized carbons (Fsp3) is 0.393. The van der Waals surface area contributed by atoms with Crippen molar-refractivity contribution in [3.05, 3.63) is 82.6 Å². The molecule has 2 aromatic rings. The van der Waals surface area contributed by atoms with E-state index in [-0.39, 0.29) is 41.8 Å². The topological polar surface area (TPSA) is 82.2 Å². The number of amides is 3. The summed E-state index contributed by atoms with van der Waals surface area (Å²) in [6.45, 7) is 7.34. The van der Waals surface area contributed by atoms with Crippen LogP contribution in [0.25, 0.3) is 0 Å². The minimum Gasteiger partial charge on any atom is -0.463 e. The number of nitrogens with zero attached hydrogens (tertiary/aromatic N) is 3. The van der Waals surface area contributed by atoms with Gasteiger partial charge < -0.3 is 15.0 Å². The van der Waals surface area contributed by atoms with E-state index in [0.717, 1.165) is 0 Å². The van der Waals surface area contributed by atoms with Crippen LogP contribution in [0.5, 0.6) is 0 Å². The van der Waals surface area contributed by atoms with E-state index in [1.165, 1.54) is 35.2 Å². The van der Waals surface area contributed by atoms with Gasteiger partial charge in [0.2, 0.25) is 0 Å². The Bertz CT molecular complexity index is 1250. The van der Waals surface area contributed by atoms with Crippen LogP contribution < -0.4 is 5.32 Å². The molecule has 4 rings (SSSR count). The van der Waals surface area contributed by atoms with Crippen molar-refractivity contribution in [2.75, 3.05) is 39.3 Å². The number of halogens is 2. The quantitative estimate of drug-likeness (QED) is 0.557. The Morgan fingerprint density at radius 3 is 2.50 bits per heavy atom. The van der Waals surface area contributed by atoms with Crippen molar-refractivity contribution in [1.82, 2.24) is 20.0 Å². The molecule has 0 radical (unpaired) electrons. The van der Waals surface area contributed by atoms with Gasteiger partial charge in [0, 0.05) is 55.6 Å². The lowest BCUT2D eigenvalue weighted by molar-refractivity contribution is -0.139. The molecule has 10 heteroatoms. The smallest absolute Gasteiger partial charge is 0.338 e. The molecule has 2 heterocycles. The highest BCUT2D eigenvalue weighted by Crippen LogP contribution is 2.33. The molecule has 0 unspecified atom stereocenters. The van der Waals surface area contributed by atoms with Crippen LogP contribution in [0.15, 0.2) is 59.8 Å². The highest BCUT2D eigenvalue weighted by atomic mass is 19.1. The molecule has 0 aliphatic carbocycles. The van der Waals surface area contributed by atoms with Gasteiger partial charge in [0.05, 0.1) is 18.2 Å².